The first kappa shape index (κ1) is 20.1. The zero-order valence-electron chi connectivity index (χ0n) is 16.1. The van der Waals surface area contributed by atoms with Crippen molar-refractivity contribution in [2.24, 2.45) is 0 Å². The summed E-state index contributed by atoms with van der Waals surface area (Å²) in [7, 11) is -1.63. The van der Waals surface area contributed by atoms with Gasteiger partial charge in [0.1, 0.15) is 6.04 Å². The molecule has 0 spiro atoms. The number of anilines is 1. The van der Waals surface area contributed by atoms with Crippen LogP contribution in [0.1, 0.15) is 24.8 Å². The van der Waals surface area contributed by atoms with Crippen LogP contribution in [0.5, 0.6) is 0 Å². The second-order valence-corrected chi connectivity index (χ2v) is 9.28. The standard InChI is InChI=1S/C19H29N3O4S/c1-20(19(23)18-5-3-4-10-22(18)27(2,24)25)15-16-6-8-17(9-7-16)21-11-13-26-14-12-21/h6-9,18H,3-5,10-15H2,1-2H3. The van der Waals surface area contributed by atoms with Gasteiger partial charge in [-0.15, -0.1) is 0 Å². The number of benzene rings is 1. The monoisotopic (exact) mass is 395 g/mol. The third-order valence-electron chi connectivity index (χ3n) is 5.27. The van der Waals surface area contributed by atoms with Gasteiger partial charge in [0.25, 0.3) is 0 Å². The molecule has 2 aliphatic rings. The maximum Gasteiger partial charge on any atom is 0.241 e. The van der Waals surface area contributed by atoms with Crippen LogP contribution < -0.4 is 4.90 Å². The Labute approximate surface area is 161 Å². The topological polar surface area (TPSA) is 70.2 Å². The average molecular weight is 396 g/mol. The maximum atomic E-state index is 12.9. The van der Waals surface area contributed by atoms with Crippen molar-refractivity contribution in [1.29, 1.82) is 0 Å². The van der Waals surface area contributed by atoms with Gasteiger partial charge in [-0.25, -0.2) is 8.42 Å². The molecule has 0 saturated carbocycles. The molecule has 2 heterocycles. The molecule has 1 unspecified atom stereocenters. The van der Waals surface area contributed by atoms with Gasteiger partial charge in [0.15, 0.2) is 0 Å². The molecule has 1 atom stereocenters. The van der Waals surface area contributed by atoms with Crippen LogP contribution in [0.2, 0.25) is 0 Å². The van der Waals surface area contributed by atoms with Crippen LogP contribution in [0.3, 0.4) is 0 Å². The fraction of sp³-hybridized carbons (Fsp3) is 0.632. The zero-order chi connectivity index (χ0) is 19.4. The SMILES string of the molecule is CN(Cc1ccc(N2CCOCC2)cc1)C(=O)C1CCCCN1S(C)(=O)=O. The summed E-state index contributed by atoms with van der Waals surface area (Å²) in [4.78, 5) is 16.8. The lowest BCUT2D eigenvalue weighted by Crippen LogP contribution is -2.51. The quantitative estimate of drug-likeness (QED) is 0.752. The summed E-state index contributed by atoms with van der Waals surface area (Å²) in [5, 5.41) is 0. The highest BCUT2D eigenvalue weighted by molar-refractivity contribution is 7.88. The van der Waals surface area contributed by atoms with Crippen molar-refractivity contribution in [3.05, 3.63) is 29.8 Å². The number of amides is 1. The highest BCUT2D eigenvalue weighted by Gasteiger charge is 2.35. The number of morpholine rings is 1. The number of likely N-dealkylation sites (N-methyl/N-ethyl adjacent to an activating group) is 1. The third-order valence-corrected chi connectivity index (χ3v) is 6.56. The Hall–Kier alpha value is -1.64. The number of nitrogens with zero attached hydrogens (tertiary/aromatic N) is 3. The number of piperidine rings is 1. The van der Waals surface area contributed by atoms with E-state index in [-0.39, 0.29) is 5.91 Å². The first-order valence-electron chi connectivity index (χ1n) is 9.50. The summed E-state index contributed by atoms with van der Waals surface area (Å²) in [6.45, 7) is 4.17. The smallest absolute Gasteiger partial charge is 0.241 e. The van der Waals surface area contributed by atoms with Crippen LogP contribution in [-0.2, 0) is 26.1 Å². The fourth-order valence-corrected chi connectivity index (χ4v) is 4.91. The molecule has 2 saturated heterocycles. The Morgan fingerprint density at radius 3 is 2.44 bits per heavy atom. The van der Waals surface area contributed by atoms with E-state index >= 15 is 0 Å². The fourth-order valence-electron chi connectivity index (χ4n) is 3.79. The minimum absolute atomic E-state index is 0.127. The first-order chi connectivity index (χ1) is 12.9. The van der Waals surface area contributed by atoms with Gasteiger partial charge in [-0.1, -0.05) is 18.6 Å². The predicted molar refractivity (Wildman–Crippen MR) is 105 cm³/mol. The predicted octanol–water partition coefficient (Wildman–Crippen LogP) is 1.30. The molecule has 1 aromatic rings. The number of hydrogen-bond acceptors (Lipinski definition) is 5. The number of carbonyl (C=O) groups is 1. The number of hydrogen-bond donors (Lipinski definition) is 0. The molecule has 1 amide bonds. The van der Waals surface area contributed by atoms with Crippen LogP contribution in [0, 0.1) is 0 Å². The van der Waals surface area contributed by atoms with Crippen molar-refractivity contribution in [1.82, 2.24) is 9.21 Å². The molecular formula is C19H29N3O4S. The highest BCUT2D eigenvalue weighted by atomic mass is 32.2. The molecule has 1 aromatic carbocycles. The molecule has 3 rings (SSSR count). The number of carbonyl (C=O) groups excluding carboxylic acids is 1. The molecule has 2 aliphatic heterocycles. The van der Waals surface area contributed by atoms with Crippen molar-refractivity contribution in [3.8, 4) is 0 Å². The zero-order valence-corrected chi connectivity index (χ0v) is 17.0. The summed E-state index contributed by atoms with van der Waals surface area (Å²) in [6, 6.07) is 7.63. The van der Waals surface area contributed by atoms with Crippen LogP contribution in [0.25, 0.3) is 0 Å². The molecule has 0 aliphatic carbocycles. The summed E-state index contributed by atoms with van der Waals surface area (Å²) >= 11 is 0. The molecule has 0 aromatic heterocycles. The molecule has 0 radical (unpaired) electrons. The normalized spacial score (nSPS) is 21.9. The van der Waals surface area contributed by atoms with Gasteiger partial charge < -0.3 is 14.5 Å². The van der Waals surface area contributed by atoms with E-state index in [0.29, 0.717) is 19.5 Å². The van der Waals surface area contributed by atoms with Gasteiger partial charge >= 0.3 is 0 Å². The Kier molecular flexibility index (Phi) is 6.39. The molecule has 2 fully saturated rings. The summed E-state index contributed by atoms with van der Waals surface area (Å²) in [5.74, 6) is -0.127. The first-order valence-corrected chi connectivity index (χ1v) is 11.3. The summed E-state index contributed by atoms with van der Waals surface area (Å²) in [6.07, 6.45) is 3.46. The van der Waals surface area contributed by atoms with Gasteiger partial charge in [0, 0.05) is 38.9 Å². The lowest BCUT2D eigenvalue weighted by atomic mass is 10.0. The average Bonchev–Trinajstić information content (AvgIpc) is 2.68. The van der Waals surface area contributed by atoms with Crippen LogP contribution in [-0.4, -0.2) is 75.7 Å². The Morgan fingerprint density at radius 1 is 1.15 bits per heavy atom. The van der Waals surface area contributed by atoms with Gasteiger partial charge in [0.2, 0.25) is 15.9 Å². The lowest BCUT2D eigenvalue weighted by Gasteiger charge is -2.35. The van der Waals surface area contributed by atoms with Crippen LogP contribution in [0.15, 0.2) is 24.3 Å². The largest absolute Gasteiger partial charge is 0.378 e. The van der Waals surface area contributed by atoms with E-state index < -0.39 is 16.1 Å². The van der Waals surface area contributed by atoms with Crippen LogP contribution >= 0.6 is 0 Å². The molecule has 0 N–H and O–H groups in total. The van der Waals surface area contributed by atoms with E-state index in [1.54, 1.807) is 11.9 Å². The number of sulfonamides is 1. The van der Waals surface area contributed by atoms with Gasteiger partial charge in [0.05, 0.1) is 19.5 Å². The van der Waals surface area contributed by atoms with E-state index in [0.717, 1.165) is 50.4 Å². The number of rotatable bonds is 5. The van der Waals surface area contributed by atoms with Crippen molar-refractivity contribution in [3.63, 3.8) is 0 Å². The van der Waals surface area contributed by atoms with Gasteiger partial charge in [-0.2, -0.15) is 4.31 Å². The Bertz CT molecular complexity index is 745. The third kappa shape index (κ3) is 5.00. The van der Waals surface area contributed by atoms with Gasteiger partial charge in [-0.05, 0) is 30.5 Å². The van der Waals surface area contributed by atoms with E-state index in [2.05, 4.69) is 17.0 Å². The molecule has 150 valence electrons. The van der Waals surface area contributed by atoms with E-state index in [4.69, 9.17) is 4.74 Å². The second kappa shape index (κ2) is 8.58. The summed E-state index contributed by atoms with van der Waals surface area (Å²) in [5.41, 5.74) is 2.19. The van der Waals surface area contributed by atoms with Crippen molar-refractivity contribution in [2.45, 2.75) is 31.8 Å². The van der Waals surface area contributed by atoms with Crippen LogP contribution in [0.4, 0.5) is 5.69 Å². The minimum Gasteiger partial charge on any atom is -0.378 e. The lowest BCUT2D eigenvalue weighted by molar-refractivity contribution is -0.135. The minimum atomic E-state index is -3.37. The van der Waals surface area contributed by atoms with Crippen molar-refractivity contribution < 1.29 is 17.9 Å². The molecule has 0 bridgehead atoms. The van der Waals surface area contributed by atoms with E-state index in [1.807, 2.05) is 12.1 Å². The van der Waals surface area contributed by atoms with Crippen molar-refractivity contribution in [2.75, 3.05) is 51.1 Å². The second-order valence-electron chi connectivity index (χ2n) is 7.35. The molecule has 27 heavy (non-hydrogen) atoms. The molecule has 7 nitrogen and oxygen atoms in total. The number of ether oxygens (including phenoxy) is 1. The molecule has 8 heteroatoms. The van der Waals surface area contributed by atoms with E-state index in [9.17, 15) is 13.2 Å². The van der Waals surface area contributed by atoms with Gasteiger partial charge in [-0.3, -0.25) is 4.79 Å². The molecular weight excluding hydrogens is 366 g/mol. The Balaban J connectivity index is 1.63. The summed E-state index contributed by atoms with van der Waals surface area (Å²) < 4.78 is 30.8. The van der Waals surface area contributed by atoms with Crippen molar-refractivity contribution >= 4 is 21.6 Å². The van der Waals surface area contributed by atoms with E-state index in [1.165, 1.54) is 10.6 Å². The highest BCUT2D eigenvalue weighted by Crippen LogP contribution is 2.22. The maximum absolute atomic E-state index is 12.9. The Morgan fingerprint density at radius 2 is 1.81 bits per heavy atom.